The Bertz CT molecular complexity index is 340. The van der Waals surface area contributed by atoms with Crippen molar-refractivity contribution in [2.45, 2.75) is 31.7 Å². The van der Waals surface area contributed by atoms with E-state index in [2.05, 4.69) is 10.2 Å². The van der Waals surface area contributed by atoms with Crippen LogP contribution in [0.5, 0.6) is 0 Å². The smallest absolute Gasteiger partial charge is 0.317 e. The summed E-state index contributed by atoms with van der Waals surface area (Å²) in [7, 11) is 2.04. The molecule has 1 heterocycles. The molecule has 2 aliphatic rings. The Morgan fingerprint density at radius 2 is 1.74 bits per heavy atom. The van der Waals surface area contributed by atoms with E-state index < -0.39 is 11.9 Å². The van der Waals surface area contributed by atoms with Crippen molar-refractivity contribution in [1.82, 2.24) is 15.1 Å². The van der Waals surface area contributed by atoms with Gasteiger partial charge in [-0.05, 0) is 19.9 Å². The monoisotopic (exact) mass is 269 g/mol. The van der Waals surface area contributed by atoms with Crippen LogP contribution in [0.4, 0.5) is 4.79 Å². The summed E-state index contributed by atoms with van der Waals surface area (Å²) in [4.78, 5) is 27.3. The number of hydrogen-bond acceptors (Lipinski definition) is 3. The van der Waals surface area contributed by atoms with E-state index in [0.29, 0.717) is 19.5 Å². The third-order valence-corrected chi connectivity index (χ3v) is 4.18. The van der Waals surface area contributed by atoms with Crippen LogP contribution in [0.2, 0.25) is 0 Å². The third-order valence-electron chi connectivity index (χ3n) is 4.18. The highest BCUT2D eigenvalue weighted by molar-refractivity contribution is 5.77. The van der Waals surface area contributed by atoms with Gasteiger partial charge in [0.05, 0.1) is 5.92 Å². The Morgan fingerprint density at radius 3 is 2.37 bits per heavy atom. The number of carboxylic acid groups (broad SMARTS) is 1. The first-order valence-corrected chi connectivity index (χ1v) is 7.04. The predicted molar refractivity (Wildman–Crippen MR) is 71.0 cm³/mol. The van der Waals surface area contributed by atoms with Crippen molar-refractivity contribution in [2.24, 2.45) is 5.92 Å². The maximum absolute atomic E-state index is 12.1. The van der Waals surface area contributed by atoms with Crippen molar-refractivity contribution in [2.75, 3.05) is 33.2 Å². The molecule has 0 spiro atoms. The standard InChI is InChI=1S/C13H23N3O3/c1-15-6-8-16(9-7-15)13(19)14-11-5-3-2-4-10(11)12(17)18/h10-11H,2-9H2,1H3,(H,14,19)(H,17,18). The predicted octanol–water partition coefficient (Wildman–Crippen LogP) is 0.587. The zero-order valence-electron chi connectivity index (χ0n) is 11.5. The summed E-state index contributed by atoms with van der Waals surface area (Å²) in [6.45, 7) is 3.18. The SMILES string of the molecule is CN1CCN(C(=O)NC2CCCCC2C(=O)O)CC1. The molecule has 0 aromatic carbocycles. The number of nitrogens with zero attached hydrogens (tertiary/aromatic N) is 2. The minimum Gasteiger partial charge on any atom is -0.481 e. The quantitative estimate of drug-likeness (QED) is 0.769. The van der Waals surface area contributed by atoms with Gasteiger partial charge in [0.25, 0.3) is 0 Å². The summed E-state index contributed by atoms with van der Waals surface area (Å²) in [5.74, 6) is -1.21. The first kappa shape index (κ1) is 14.1. The number of amides is 2. The maximum atomic E-state index is 12.1. The average Bonchev–Trinajstić information content (AvgIpc) is 2.39. The fraction of sp³-hybridized carbons (Fsp3) is 0.846. The Labute approximate surface area is 113 Å². The number of piperazine rings is 1. The van der Waals surface area contributed by atoms with Gasteiger partial charge in [0.1, 0.15) is 0 Å². The van der Waals surface area contributed by atoms with Crippen LogP contribution in [-0.4, -0.2) is 66.2 Å². The lowest BCUT2D eigenvalue weighted by molar-refractivity contribution is -0.143. The highest BCUT2D eigenvalue weighted by atomic mass is 16.4. The molecule has 2 rings (SSSR count). The second kappa shape index (κ2) is 6.23. The van der Waals surface area contributed by atoms with E-state index in [1.54, 1.807) is 4.90 Å². The normalized spacial score (nSPS) is 29.0. The number of rotatable bonds is 2. The molecular weight excluding hydrogens is 246 g/mol. The molecule has 6 nitrogen and oxygen atoms in total. The van der Waals surface area contributed by atoms with Crippen LogP contribution in [0.3, 0.4) is 0 Å². The number of urea groups is 1. The second-order valence-corrected chi connectivity index (χ2v) is 5.58. The highest BCUT2D eigenvalue weighted by Crippen LogP contribution is 2.24. The zero-order chi connectivity index (χ0) is 13.8. The maximum Gasteiger partial charge on any atom is 0.317 e. The first-order chi connectivity index (χ1) is 9.08. The lowest BCUT2D eigenvalue weighted by Crippen LogP contribution is -2.54. The summed E-state index contributed by atoms with van der Waals surface area (Å²) < 4.78 is 0. The Kier molecular flexibility index (Phi) is 4.63. The van der Waals surface area contributed by atoms with Gasteiger partial charge in [0.15, 0.2) is 0 Å². The van der Waals surface area contributed by atoms with Gasteiger partial charge in [-0.15, -0.1) is 0 Å². The Balaban J connectivity index is 1.88. The molecule has 0 aromatic heterocycles. The second-order valence-electron chi connectivity index (χ2n) is 5.58. The van der Waals surface area contributed by atoms with Crippen LogP contribution in [-0.2, 0) is 4.79 Å². The van der Waals surface area contributed by atoms with Crippen molar-refractivity contribution < 1.29 is 14.7 Å². The van der Waals surface area contributed by atoms with E-state index in [4.69, 9.17) is 0 Å². The van der Waals surface area contributed by atoms with Crippen LogP contribution in [0, 0.1) is 5.92 Å². The van der Waals surface area contributed by atoms with E-state index in [-0.39, 0.29) is 12.1 Å². The molecule has 6 heteroatoms. The molecule has 1 saturated carbocycles. The zero-order valence-corrected chi connectivity index (χ0v) is 11.5. The summed E-state index contributed by atoms with van der Waals surface area (Å²) in [5, 5.41) is 12.1. The highest BCUT2D eigenvalue weighted by Gasteiger charge is 2.33. The van der Waals surface area contributed by atoms with Gasteiger partial charge in [-0.25, -0.2) is 4.79 Å². The molecular formula is C13H23N3O3. The number of carbonyl (C=O) groups is 2. The summed E-state index contributed by atoms with van der Waals surface area (Å²) in [6.07, 6.45) is 3.38. The van der Waals surface area contributed by atoms with Gasteiger partial charge < -0.3 is 20.2 Å². The molecule has 108 valence electrons. The summed E-state index contributed by atoms with van der Waals surface area (Å²) in [5.41, 5.74) is 0. The summed E-state index contributed by atoms with van der Waals surface area (Å²) >= 11 is 0. The number of carbonyl (C=O) groups excluding carboxylic acids is 1. The van der Waals surface area contributed by atoms with Crippen LogP contribution in [0.1, 0.15) is 25.7 Å². The van der Waals surface area contributed by atoms with Crippen molar-refractivity contribution in [3.8, 4) is 0 Å². The minimum atomic E-state index is -0.789. The van der Waals surface area contributed by atoms with Crippen molar-refractivity contribution in [3.63, 3.8) is 0 Å². The average molecular weight is 269 g/mol. The molecule has 2 atom stereocenters. The minimum absolute atomic E-state index is 0.105. The third kappa shape index (κ3) is 3.59. The van der Waals surface area contributed by atoms with Crippen LogP contribution >= 0.6 is 0 Å². The molecule has 2 unspecified atom stereocenters. The molecule has 19 heavy (non-hydrogen) atoms. The van der Waals surface area contributed by atoms with Crippen LogP contribution in [0.15, 0.2) is 0 Å². The van der Waals surface area contributed by atoms with Gasteiger partial charge in [0.2, 0.25) is 0 Å². The molecule has 0 bridgehead atoms. The fourth-order valence-corrected chi connectivity index (χ4v) is 2.86. The largest absolute Gasteiger partial charge is 0.481 e. The molecule has 0 aromatic rings. The van der Waals surface area contributed by atoms with E-state index >= 15 is 0 Å². The van der Waals surface area contributed by atoms with Crippen molar-refractivity contribution in [1.29, 1.82) is 0 Å². The van der Waals surface area contributed by atoms with E-state index in [0.717, 1.165) is 32.4 Å². The molecule has 2 N–H and O–H groups in total. The van der Waals surface area contributed by atoms with Crippen molar-refractivity contribution >= 4 is 12.0 Å². The van der Waals surface area contributed by atoms with Crippen molar-refractivity contribution in [3.05, 3.63) is 0 Å². The molecule has 0 radical (unpaired) electrons. The van der Waals surface area contributed by atoms with Gasteiger partial charge in [-0.1, -0.05) is 12.8 Å². The van der Waals surface area contributed by atoms with E-state index in [1.807, 2.05) is 7.05 Å². The van der Waals surface area contributed by atoms with Gasteiger partial charge >= 0.3 is 12.0 Å². The van der Waals surface area contributed by atoms with E-state index in [1.165, 1.54) is 0 Å². The number of nitrogens with one attached hydrogen (secondary N) is 1. The van der Waals surface area contributed by atoms with Gasteiger partial charge in [0, 0.05) is 32.2 Å². The number of likely N-dealkylation sites (N-methyl/N-ethyl adjacent to an activating group) is 1. The van der Waals surface area contributed by atoms with Gasteiger partial charge in [-0.3, -0.25) is 4.79 Å². The number of carboxylic acids is 1. The fourth-order valence-electron chi connectivity index (χ4n) is 2.86. The number of hydrogen-bond donors (Lipinski definition) is 2. The molecule has 1 aliphatic heterocycles. The summed E-state index contributed by atoms with van der Waals surface area (Å²) in [6, 6.07) is -0.315. The molecule has 1 aliphatic carbocycles. The van der Waals surface area contributed by atoms with E-state index in [9.17, 15) is 14.7 Å². The Morgan fingerprint density at radius 1 is 1.11 bits per heavy atom. The van der Waals surface area contributed by atoms with Gasteiger partial charge in [-0.2, -0.15) is 0 Å². The lowest BCUT2D eigenvalue weighted by atomic mass is 9.84. The number of aliphatic carboxylic acids is 1. The molecule has 2 fully saturated rings. The Hall–Kier alpha value is -1.30. The first-order valence-electron chi connectivity index (χ1n) is 7.04. The van der Waals surface area contributed by atoms with Crippen LogP contribution in [0.25, 0.3) is 0 Å². The van der Waals surface area contributed by atoms with Crippen LogP contribution < -0.4 is 5.32 Å². The topological polar surface area (TPSA) is 72.9 Å². The lowest BCUT2D eigenvalue weighted by Gasteiger charge is -2.35. The molecule has 2 amide bonds. The molecule has 1 saturated heterocycles.